The molecule has 1 fully saturated rings. The molecule has 0 heterocycles. The van der Waals surface area contributed by atoms with Crippen LogP contribution in [0.4, 0.5) is 0 Å². The first-order valence-corrected chi connectivity index (χ1v) is 7.93. The second-order valence-corrected chi connectivity index (χ2v) is 5.99. The number of amides is 2. The van der Waals surface area contributed by atoms with Crippen molar-refractivity contribution in [1.82, 2.24) is 4.90 Å². The van der Waals surface area contributed by atoms with Gasteiger partial charge in [0.2, 0.25) is 11.8 Å². The zero-order chi connectivity index (χ0) is 16.0. The van der Waals surface area contributed by atoms with Crippen LogP contribution >= 0.6 is 0 Å². The van der Waals surface area contributed by atoms with Gasteiger partial charge in [0, 0.05) is 6.54 Å². The summed E-state index contributed by atoms with van der Waals surface area (Å²) in [5, 5.41) is 0. The van der Waals surface area contributed by atoms with E-state index in [9.17, 15) is 9.59 Å². The number of benzene rings is 1. The number of carbonyl (C=O) groups excluding carboxylic acids is 2. The monoisotopic (exact) mass is 303 g/mol. The number of hydrogen-bond donors (Lipinski definition) is 2. The highest BCUT2D eigenvalue weighted by Gasteiger charge is 2.46. The minimum Gasteiger partial charge on any atom is -0.369 e. The summed E-state index contributed by atoms with van der Waals surface area (Å²) in [5.41, 5.74) is 11.4. The van der Waals surface area contributed by atoms with Gasteiger partial charge in [0.15, 0.2) is 0 Å². The standard InChI is InChI=1S/C17H25N3O2/c18-13-20(12-9-14-7-3-1-4-8-14)16(22)17(15(19)21)10-5-2-6-11-17/h1,3-4,7-8H,2,5-6,9-13,18H2,(H2,19,21). The van der Waals surface area contributed by atoms with E-state index in [2.05, 4.69) is 0 Å². The van der Waals surface area contributed by atoms with Gasteiger partial charge in [-0.1, -0.05) is 49.6 Å². The van der Waals surface area contributed by atoms with Gasteiger partial charge in [-0.2, -0.15) is 0 Å². The lowest BCUT2D eigenvalue weighted by atomic mass is 9.72. The first kappa shape index (κ1) is 16.5. The van der Waals surface area contributed by atoms with Crippen LogP contribution in [0.2, 0.25) is 0 Å². The van der Waals surface area contributed by atoms with Gasteiger partial charge in [0.1, 0.15) is 5.41 Å². The van der Waals surface area contributed by atoms with Crippen LogP contribution in [0.1, 0.15) is 37.7 Å². The van der Waals surface area contributed by atoms with E-state index in [0.29, 0.717) is 19.4 Å². The molecule has 5 heteroatoms. The molecule has 0 aromatic heterocycles. The molecule has 1 aromatic carbocycles. The molecule has 0 atom stereocenters. The topological polar surface area (TPSA) is 89.4 Å². The normalized spacial score (nSPS) is 17.0. The van der Waals surface area contributed by atoms with E-state index in [1.54, 1.807) is 4.90 Å². The Hall–Kier alpha value is -1.88. The van der Waals surface area contributed by atoms with E-state index >= 15 is 0 Å². The van der Waals surface area contributed by atoms with E-state index in [4.69, 9.17) is 11.5 Å². The first-order valence-electron chi connectivity index (χ1n) is 7.93. The Morgan fingerprint density at radius 1 is 1.09 bits per heavy atom. The molecule has 1 aliphatic carbocycles. The first-order chi connectivity index (χ1) is 10.6. The third-order valence-electron chi connectivity index (χ3n) is 4.61. The summed E-state index contributed by atoms with van der Waals surface area (Å²) in [5.74, 6) is -0.700. The highest BCUT2D eigenvalue weighted by molar-refractivity contribution is 6.04. The van der Waals surface area contributed by atoms with Crippen LogP contribution < -0.4 is 11.5 Å². The summed E-state index contributed by atoms with van der Waals surface area (Å²) >= 11 is 0. The van der Waals surface area contributed by atoms with Crippen LogP contribution in [0, 0.1) is 5.41 Å². The van der Waals surface area contributed by atoms with E-state index in [-0.39, 0.29) is 12.6 Å². The Labute approximate surface area is 131 Å². The number of nitrogens with zero attached hydrogens (tertiary/aromatic N) is 1. The lowest BCUT2D eigenvalue weighted by Gasteiger charge is -2.37. The van der Waals surface area contributed by atoms with Crippen molar-refractivity contribution in [2.75, 3.05) is 13.2 Å². The van der Waals surface area contributed by atoms with Gasteiger partial charge in [-0.05, 0) is 24.8 Å². The Morgan fingerprint density at radius 3 is 2.27 bits per heavy atom. The van der Waals surface area contributed by atoms with Crippen molar-refractivity contribution in [2.24, 2.45) is 16.9 Å². The van der Waals surface area contributed by atoms with Crippen molar-refractivity contribution in [1.29, 1.82) is 0 Å². The fourth-order valence-electron chi connectivity index (χ4n) is 3.21. The number of rotatable bonds is 6. The average molecular weight is 303 g/mol. The largest absolute Gasteiger partial charge is 0.369 e. The summed E-state index contributed by atoms with van der Waals surface area (Å²) in [6.45, 7) is 0.620. The lowest BCUT2D eigenvalue weighted by molar-refractivity contribution is -0.151. The predicted octanol–water partition coefficient (Wildman–Crippen LogP) is 1.41. The molecule has 2 amide bonds. The molecule has 0 unspecified atom stereocenters. The van der Waals surface area contributed by atoms with E-state index in [1.807, 2.05) is 30.3 Å². The van der Waals surface area contributed by atoms with Crippen molar-refractivity contribution in [3.63, 3.8) is 0 Å². The smallest absolute Gasteiger partial charge is 0.239 e. The Morgan fingerprint density at radius 2 is 1.73 bits per heavy atom. The molecule has 0 aliphatic heterocycles. The Balaban J connectivity index is 2.08. The summed E-state index contributed by atoms with van der Waals surface area (Å²) < 4.78 is 0. The van der Waals surface area contributed by atoms with Gasteiger partial charge < -0.3 is 16.4 Å². The van der Waals surface area contributed by atoms with Crippen LogP contribution in [0.5, 0.6) is 0 Å². The zero-order valence-corrected chi connectivity index (χ0v) is 13.0. The van der Waals surface area contributed by atoms with Crippen molar-refractivity contribution in [3.8, 4) is 0 Å². The summed E-state index contributed by atoms with van der Waals surface area (Å²) in [6.07, 6.45) is 4.59. The molecule has 0 spiro atoms. The molecular formula is C17H25N3O2. The van der Waals surface area contributed by atoms with Gasteiger partial charge in [0.05, 0.1) is 6.67 Å². The molecule has 120 valence electrons. The maximum Gasteiger partial charge on any atom is 0.239 e. The molecule has 0 radical (unpaired) electrons. The number of hydrogen-bond acceptors (Lipinski definition) is 3. The van der Waals surface area contributed by atoms with Gasteiger partial charge in [-0.3, -0.25) is 9.59 Å². The molecular weight excluding hydrogens is 278 g/mol. The van der Waals surface area contributed by atoms with Crippen molar-refractivity contribution >= 4 is 11.8 Å². The molecule has 2 rings (SSSR count). The fraction of sp³-hybridized carbons (Fsp3) is 0.529. The number of carbonyl (C=O) groups is 2. The number of nitrogens with two attached hydrogens (primary N) is 2. The SMILES string of the molecule is NCN(CCc1ccccc1)C(=O)C1(C(N)=O)CCCCC1. The van der Waals surface area contributed by atoms with E-state index in [1.165, 1.54) is 0 Å². The van der Waals surface area contributed by atoms with Crippen LogP contribution in [0.15, 0.2) is 30.3 Å². The maximum atomic E-state index is 12.9. The third-order valence-corrected chi connectivity index (χ3v) is 4.61. The Kier molecular flexibility index (Phi) is 5.55. The summed E-state index contributed by atoms with van der Waals surface area (Å²) in [4.78, 5) is 26.4. The van der Waals surface area contributed by atoms with Gasteiger partial charge in [-0.15, -0.1) is 0 Å². The second-order valence-electron chi connectivity index (χ2n) is 5.99. The van der Waals surface area contributed by atoms with E-state index in [0.717, 1.165) is 31.2 Å². The molecule has 5 nitrogen and oxygen atoms in total. The maximum absolute atomic E-state index is 12.9. The Bertz CT molecular complexity index is 510. The van der Waals surface area contributed by atoms with Crippen LogP contribution in [0.3, 0.4) is 0 Å². The molecule has 1 aromatic rings. The van der Waals surface area contributed by atoms with Gasteiger partial charge >= 0.3 is 0 Å². The van der Waals surface area contributed by atoms with Crippen LogP contribution in [-0.2, 0) is 16.0 Å². The van der Waals surface area contributed by atoms with Crippen LogP contribution in [0.25, 0.3) is 0 Å². The molecule has 1 saturated carbocycles. The van der Waals surface area contributed by atoms with Crippen molar-refractivity contribution < 1.29 is 9.59 Å². The summed E-state index contributed by atoms with van der Waals surface area (Å²) in [7, 11) is 0. The van der Waals surface area contributed by atoms with Crippen molar-refractivity contribution in [2.45, 2.75) is 38.5 Å². The highest BCUT2D eigenvalue weighted by atomic mass is 16.2. The minimum atomic E-state index is -1.05. The quantitative estimate of drug-likeness (QED) is 0.615. The molecule has 0 saturated heterocycles. The van der Waals surface area contributed by atoms with Crippen molar-refractivity contribution in [3.05, 3.63) is 35.9 Å². The molecule has 22 heavy (non-hydrogen) atoms. The second kappa shape index (κ2) is 7.40. The summed E-state index contributed by atoms with van der Waals surface area (Å²) in [6, 6.07) is 9.93. The fourth-order valence-corrected chi connectivity index (χ4v) is 3.21. The predicted molar refractivity (Wildman–Crippen MR) is 85.6 cm³/mol. The zero-order valence-electron chi connectivity index (χ0n) is 13.0. The average Bonchev–Trinajstić information content (AvgIpc) is 2.56. The minimum absolute atomic E-state index is 0.112. The molecule has 0 bridgehead atoms. The molecule has 4 N–H and O–H groups in total. The number of primary amides is 1. The third kappa shape index (κ3) is 3.47. The van der Waals surface area contributed by atoms with E-state index < -0.39 is 11.3 Å². The highest BCUT2D eigenvalue weighted by Crippen LogP contribution is 2.37. The van der Waals surface area contributed by atoms with Crippen LogP contribution in [-0.4, -0.2) is 29.9 Å². The van der Waals surface area contributed by atoms with Gasteiger partial charge in [-0.25, -0.2) is 0 Å². The van der Waals surface area contributed by atoms with Gasteiger partial charge in [0.25, 0.3) is 0 Å². The lowest BCUT2D eigenvalue weighted by Crippen LogP contribution is -2.54. The molecule has 1 aliphatic rings.